The minimum Gasteiger partial charge on any atom is -0.346 e. The summed E-state index contributed by atoms with van der Waals surface area (Å²) in [5, 5.41) is 15.9. The van der Waals surface area contributed by atoms with Crippen LogP contribution in [0.3, 0.4) is 0 Å². The minimum atomic E-state index is -0.270. The highest BCUT2D eigenvalue weighted by Gasteiger charge is 2.14. The molecule has 1 amide bonds. The van der Waals surface area contributed by atoms with E-state index in [0.717, 1.165) is 22.5 Å². The van der Waals surface area contributed by atoms with E-state index in [4.69, 9.17) is 11.6 Å². The fraction of sp³-hybridized carbons (Fsp3) is 0.125. The van der Waals surface area contributed by atoms with Crippen LogP contribution in [0.15, 0.2) is 42.7 Å². The van der Waals surface area contributed by atoms with E-state index in [-0.39, 0.29) is 10.9 Å². The van der Waals surface area contributed by atoms with Crippen LogP contribution in [-0.2, 0) is 13.6 Å². The lowest BCUT2D eigenvalue weighted by Crippen LogP contribution is -2.22. The summed E-state index contributed by atoms with van der Waals surface area (Å²) in [6.07, 6.45) is 5.26. The van der Waals surface area contributed by atoms with Gasteiger partial charge in [0.15, 0.2) is 5.01 Å². The number of hydrogen-bond donors (Lipinski definition) is 1. The van der Waals surface area contributed by atoms with Crippen molar-refractivity contribution >= 4 is 40.0 Å². The average molecular weight is 360 g/mol. The molecule has 3 rings (SSSR count). The van der Waals surface area contributed by atoms with E-state index in [1.807, 2.05) is 43.6 Å². The number of aryl methyl sites for hydroxylation is 1. The monoisotopic (exact) mass is 359 g/mol. The Balaban J connectivity index is 1.66. The summed E-state index contributed by atoms with van der Waals surface area (Å²) in [6.45, 7) is 0.438. The van der Waals surface area contributed by atoms with Crippen LogP contribution in [0.4, 0.5) is 0 Å². The summed E-state index contributed by atoms with van der Waals surface area (Å²) >= 11 is 7.39. The van der Waals surface area contributed by atoms with Crippen LogP contribution < -0.4 is 5.32 Å². The smallest absolute Gasteiger partial charge is 0.282 e. The Morgan fingerprint density at radius 3 is 2.75 bits per heavy atom. The first kappa shape index (κ1) is 16.4. The number of carbonyl (C=O) groups is 1. The summed E-state index contributed by atoms with van der Waals surface area (Å²) in [5.41, 5.74) is 1.87. The Morgan fingerprint density at radius 1 is 1.29 bits per heavy atom. The Kier molecular flexibility index (Phi) is 5.02. The Bertz CT molecular complexity index is 871. The van der Waals surface area contributed by atoms with Crippen molar-refractivity contribution in [1.82, 2.24) is 25.3 Å². The number of nitrogens with zero attached hydrogens (tertiary/aromatic N) is 4. The highest BCUT2D eigenvalue weighted by Crippen LogP contribution is 2.25. The summed E-state index contributed by atoms with van der Waals surface area (Å²) in [7, 11) is 1.82. The first-order chi connectivity index (χ1) is 11.6. The number of benzene rings is 1. The van der Waals surface area contributed by atoms with Crippen molar-refractivity contribution in [2.75, 3.05) is 0 Å². The molecule has 0 aliphatic heterocycles. The summed E-state index contributed by atoms with van der Waals surface area (Å²) in [6, 6.07) is 9.67. The SMILES string of the molecule is Cn1cc(/C=C(\Cl)c2nnc(C(=O)NCc3ccccc3)s2)cn1. The van der Waals surface area contributed by atoms with E-state index in [1.54, 1.807) is 17.0 Å². The standard InChI is InChI=1S/C16H14ClN5OS/c1-22-10-12(9-19-22)7-13(17)15-20-21-16(24-15)14(23)18-8-11-5-3-2-4-6-11/h2-7,9-10H,8H2,1H3,(H,18,23)/b13-7-. The molecule has 0 radical (unpaired) electrons. The highest BCUT2D eigenvalue weighted by molar-refractivity contribution is 7.15. The van der Waals surface area contributed by atoms with Crippen molar-refractivity contribution < 1.29 is 4.79 Å². The zero-order valence-electron chi connectivity index (χ0n) is 12.8. The Hall–Kier alpha value is -2.51. The van der Waals surface area contributed by atoms with Gasteiger partial charge in [0.2, 0.25) is 5.01 Å². The van der Waals surface area contributed by atoms with Crippen LogP contribution in [0.1, 0.15) is 25.9 Å². The molecule has 24 heavy (non-hydrogen) atoms. The predicted molar refractivity (Wildman–Crippen MR) is 94.5 cm³/mol. The predicted octanol–water partition coefficient (Wildman–Crippen LogP) is 2.94. The molecule has 122 valence electrons. The van der Waals surface area contributed by atoms with Crippen molar-refractivity contribution in [2.45, 2.75) is 6.54 Å². The molecular weight excluding hydrogens is 346 g/mol. The van der Waals surface area contributed by atoms with Gasteiger partial charge in [-0.3, -0.25) is 9.48 Å². The van der Waals surface area contributed by atoms with E-state index in [1.165, 1.54) is 0 Å². The lowest BCUT2D eigenvalue weighted by Gasteiger charge is -2.01. The second-order valence-electron chi connectivity index (χ2n) is 5.02. The summed E-state index contributed by atoms with van der Waals surface area (Å²) < 4.78 is 1.68. The maximum Gasteiger partial charge on any atom is 0.282 e. The van der Waals surface area contributed by atoms with Crippen molar-refractivity contribution in [3.8, 4) is 0 Å². The first-order valence-corrected chi connectivity index (χ1v) is 8.33. The van der Waals surface area contributed by atoms with Crippen LogP contribution in [-0.4, -0.2) is 25.9 Å². The molecule has 1 N–H and O–H groups in total. The van der Waals surface area contributed by atoms with E-state index < -0.39 is 0 Å². The lowest BCUT2D eigenvalue weighted by molar-refractivity contribution is 0.0950. The Morgan fingerprint density at radius 2 is 2.04 bits per heavy atom. The maximum absolute atomic E-state index is 12.1. The largest absolute Gasteiger partial charge is 0.346 e. The molecular formula is C16H14ClN5OS. The fourth-order valence-corrected chi connectivity index (χ4v) is 2.94. The van der Waals surface area contributed by atoms with E-state index in [2.05, 4.69) is 20.6 Å². The average Bonchev–Trinajstić information content (AvgIpc) is 3.23. The molecule has 2 heterocycles. The van der Waals surface area contributed by atoms with Crippen LogP contribution in [0.25, 0.3) is 11.1 Å². The van der Waals surface area contributed by atoms with Gasteiger partial charge in [0.1, 0.15) is 0 Å². The van der Waals surface area contributed by atoms with Gasteiger partial charge in [0.05, 0.1) is 11.2 Å². The third-order valence-electron chi connectivity index (χ3n) is 3.14. The van der Waals surface area contributed by atoms with Crippen LogP contribution >= 0.6 is 22.9 Å². The van der Waals surface area contributed by atoms with Gasteiger partial charge in [-0.05, 0) is 11.6 Å². The third-order valence-corrected chi connectivity index (χ3v) is 4.49. The van der Waals surface area contributed by atoms with Gasteiger partial charge in [0, 0.05) is 25.4 Å². The molecule has 0 aliphatic rings. The molecule has 0 unspecified atom stereocenters. The first-order valence-electron chi connectivity index (χ1n) is 7.13. The van der Waals surface area contributed by atoms with E-state index in [9.17, 15) is 4.79 Å². The second kappa shape index (κ2) is 7.37. The molecule has 0 aliphatic carbocycles. The molecule has 8 heteroatoms. The van der Waals surface area contributed by atoms with Gasteiger partial charge < -0.3 is 5.32 Å². The number of aromatic nitrogens is 4. The van der Waals surface area contributed by atoms with Crippen molar-refractivity contribution in [3.63, 3.8) is 0 Å². The lowest BCUT2D eigenvalue weighted by atomic mass is 10.2. The van der Waals surface area contributed by atoms with Crippen LogP contribution in [0, 0.1) is 0 Å². The quantitative estimate of drug-likeness (QED) is 0.760. The van der Waals surface area contributed by atoms with Gasteiger partial charge in [-0.1, -0.05) is 53.3 Å². The summed E-state index contributed by atoms with van der Waals surface area (Å²) in [5.74, 6) is -0.270. The number of amides is 1. The molecule has 0 spiro atoms. The van der Waals surface area contributed by atoms with Gasteiger partial charge in [-0.25, -0.2) is 0 Å². The summed E-state index contributed by atoms with van der Waals surface area (Å²) in [4.78, 5) is 12.1. The van der Waals surface area contributed by atoms with Crippen LogP contribution in [0.2, 0.25) is 0 Å². The molecule has 0 fully saturated rings. The molecule has 0 saturated heterocycles. The van der Waals surface area contributed by atoms with Crippen molar-refractivity contribution in [2.24, 2.45) is 7.05 Å². The maximum atomic E-state index is 12.1. The number of rotatable bonds is 5. The highest BCUT2D eigenvalue weighted by atomic mass is 35.5. The van der Waals surface area contributed by atoms with Gasteiger partial charge in [-0.2, -0.15) is 5.10 Å². The van der Waals surface area contributed by atoms with Crippen molar-refractivity contribution in [3.05, 3.63) is 63.9 Å². The normalized spacial score (nSPS) is 11.5. The topological polar surface area (TPSA) is 72.7 Å². The number of nitrogens with one attached hydrogen (secondary N) is 1. The minimum absolute atomic E-state index is 0.270. The third kappa shape index (κ3) is 4.06. The van der Waals surface area contributed by atoms with Crippen LogP contribution in [0.5, 0.6) is 0 Å². The molecule has 1 aromatic carbocycles. The van der Waals surface area contributed by atoms with Gasteiger partial charge in [-0.15, -0.1) is 10.2 Å². The molecule has 2 aromatic heterocycles. The molecule has 3 aromatic rings. The Labute approximate surface area is 147 Å². The van der Waals surface area contributed by atoms with E-state index in [0.29, 0.717) is 16.6 Å². The number of hydrogen-bond acceptors (Lipinski definition) is 5. The fourth-order valence-electron chi connectivity index (χ4n) is 1.99. The van der Waals surface area contributed by atoms with Crippen molar-refractivity contribution in [1.29, 1.82) is 0 Å². The number of carbonyl (C=O) groups excluding carboxylic acids is 1. The molecule has 0 bridgehead atoms. The molecule has 6 nitrogen and oxygen atoms in total. The zero-order chi connectivity index (χ0) is 16.9. The molecule has 0 saturated carbocycles. The van der Waals surface area contributed by atoms with Gasteiger partial charge in [0.25, 0.3) is 5.91 Å². The zero-order valence-corrected chi connectivity index (χ0v) is 14.4. The van der Waals surface area contributed by atoms with E-state index >= 15 is 0 Å². The molecule has 0 atom stereocenters. The number of halogens is 1. The van der Waals surface area contributed by atoms with Gasteiger partial charge >= 0.3 is 0 Å². The second-order valence-corrected chi connectivity index (χ2v) is 6.40.